The molecule has 0 unspecified atom stereocenters. The summed E-state index contributed by atoms with van der Waals surface area (Å²) in [6, 6.07) is 3.82. The molecule has 0 saturated carbocycles. The van der Waals surface area contributed by atoms with Crippen molar-refractivity contribution in [2.45, 2.75) is 32.2 Å². The fourth-order valence-electron chi connectivity index (χ4n) is 2.30. The summed E-state index contributed by atoms with van der Waals surface area (Å²) in [6.07, 6.45) is 4.17. The van der Waals surface area contributed by atoms with Crippen molar-refractivity contribution in [1.82, 2.24) is 4.98 Å². The first-order valence-corrected chi connectivity index (χ1v) is 5.96. The topological polar surface area (TPSA) is 42.2 Å². The van der Waals surface area contributed by atoms with Crippen LogP contribution in [0.15, 0.2) is 18.3 Å². The third kappa shape index (κ3) is 1.89. The molecule has 2 rings (SSSR count). The summed E-state index contributed by atoms with van der Waals surface area (Å²) in [5.74, 6) is 0.928. The number of nitrogens with two attached hydrogens (primary N) is 1. The fourth-order valence-corrected chi connectivity index (χ4v) is 2.46. The van der Waals surface area contributed by atoms with E-state index in [4.69, 9.17) is 18.0 Å². The molecule has 1 fully saturated rings. The van der Waals surface area contributed by atoms with Gasteiger partial charge in [0.2, 0.25) is 0 Å². The van der Waals surface area contributed by atoms with E-state index in [1.165, 1.54) is 12.8 Å². The summed E-state index contributed by atoms with van der Waals surface area (Å²) < 4.78 is 0. The van der Waals surface area contributed by atoms with Gasteiger partial charge < -0.3 is 10.6 Å². The maximum absolute atomic E-state index is 5.74. The van der Waals surface area contributed by atoms with E-state index in [0.717, 1.165) is 17.9 Å². The van der Waals surface area contributed by atoms with Crippen LogP contribution in [0.4, 0.5) is 5.82 Å². The molecule has 1 aliphatic heterocycles. The summed E-state index contributed by atoms with van der Waals surface area (Å²) in [5, 5.41) is 0. The molecule has 0 aromatic carbocycles. The minimum Gasteiger partial charge on any atom is -0.389 e. The number of rotatable bonds is 2. The van der Waals surface area contributed by atoms with Crippen molar-refractivity contribution in [2.75, 3.05) is 11.4 Å². The highest BCUT2D eigenvalue weighted by Gasteiger charge is 2.34. The van der Waals surface area contributed by atoms with Crippen molar-refractivity contribution in [1.29, 1.82) is 0 Å². The van der Waals surface area contributed by atoms with E-state index in [-0.39, 0.29) is 5.54 Å². The molecular formula is C12H17N3S. The van der Waals surface area contributed by atoms with Gasteiger partial charge in [-0.05, 0) is 38.8 Å². The van der Waals surface area contributed by atoms with Gasteiger partial charge in [0, 0.05) is 18.3 Å². The second kappa shape index (κ2) is 4.01. The van der Waals surface area contributed by atoms with Gasteiger partial charge in [0.1, 0.15) is 10.8 Å². The van der Waals surface area contributed by atoms with Crippen LogP contribution in [0.1, 0.15) is 32.3 Å². The zero-order valence-electron chi connectivity index (χ0n) is 9.73. The van der Waals surface area contributed by atoms with E-state index in [0.29, 0.717) is 4.99 Å². The van der Waals surface area contributed by atoms with Crippen LogP contribution in [-0.2, 0) is 0 Å². The molecule has 2 N–H and O–H groups in total. The van der Waals surface area contributed by atoms with E-state index < -0.39 is 0 Å². The van der Waals surface area contributed by atoms with Gasteiger partial charge in [0.05, 0.1) is 5.56 Å². The molecule has 0 amide bonds. The number of anilines is 1. The quantitative estimate of drug-likeness (QED) is 0.797. The summed E-state index contributed by atoms with van der Waals surface area (Å²) in [4.78, 5) is 7.17. The Hall–Kier alpha value is -1.16. The van der Waals surface area contributed by atoms with Gasteiger partial charge in [-0.2, -0.15) is 0 Å². The average Bonchev–Trinajstić information content (AvgIpc) is 2.58. The molecule has 16 heavy (non-hydrogen) atoms. The molecule has 0 bridgehead atoms. The van der Waals surface area contributed by atoms with Gasteiger partial charge in [-0.3, -0.25) is 0 Å². The highest BCUT2D eigenvalue weighted by atomic mass is 32.1. The molecule has 0 spiro atoms. The van der Waals surface area contributed by atoms with E-state index >= 15 is 0 Å². The Morgan fingerprint density at radius 2 is 2.31 bits per heavy atom. The number of hydrogen-bond acceptors (Lipinski definition) is 3. The molecule has 1 aromatic rings. The van der Waals surface area contributed by atoms with Crippen LogP contribution in [0, 0.1) is 0 Å². The van der Waals surface area contributed by atoms with Gasteiger partial charge in [0.25, 0.3) is 0 Å². The van der Waals surface area contributed by atoms with Gasteiger partial charge in [0.15, 0.2) is 0 Å². The Morgan fingerprint density at radius 1 is 1.56 bits per heavy atom. The second-order valence-electron chi connectivity index (χ2n) is 4.81. The lowest BCUT2D eigenvalue weighted by Gasteiger charge is -2.33. The van der Waals surface area contributed by atoms with Crippen molar-refractivity contribution in [3.05, 3.63) is 23.9 Å². The SMILES string of the molecule is CC1(C)CCCN1c1ncccc1C(N)=S. The molecule has 0 aliphatic carbocycles. The third-order valence-electron chi connectivity index (χ3n) is 3.21. The van der Waals surface area contributed by atoms with Crippen LogP contribution in [0.5, 0.6) is 0 Å². The van der Waals surface area contributed by atoms with Crippen LogP contribution in [0.2, 0.25) is 0 Å². The first-order valence-electron chi connectivity index (χ1n) is 5.55. The number of hydrogen-bond donors (Lipinski definition) is 1. The fraction of sp³-hybridized carbons (Fsp3) is 0.500. The van der Waals surface area contributed by atoms with Crippen molar-refractivity contribution < 1.29 is 0 Å². The van der Waals surface area contributed by atoms with E-state index in [2.05, 4.69) is 23.7 Å². The Bertz CT molecular complexity index is 414. The lowest BCUT2D eigenvalue weighted by Crippen LogP contribution is -2.39. The Kier molecular flexibility index (Phi) is 2.84. The van der Waals surface area contributed by atoms with Crippen LogP contribution in [0.25, 0.3) is 0 Å². The predicted molar refractivity (Wildman–Crippen MR) is 70.8 cm³/mol. The van der Waals surface area contributed by atoms with E-state index in [9.17, 15) is 0 Å². The van der Waals surface area contributed by atoms with E-state index in [1.807, 2.05) is 12.1 Å². The van der Waals surface area contributed by atoms with Crippen molar-refractivity contribution in [3.8, 4) is 0 Å². The largest absolute Gasteiger partial charge is 0.389 e. The monoisotopic (exact) mass is 235 g/mol. The Morgan fingerprint density at radius 3 is 2.88 bits per heavy atom. The molecular weight excluding hydrogens is 218 g/mol. The van der Waals surface area contributed by atoms with Crippen LogP contribution < -0.4 is 10.6 Å². The summed E-state index contributed by atoms with van der Waals surface area (Å²) >= 11 is 5.07. The van der Waals surface area contributed by atoms with Gasteiger partial charge in [-0.25, -0.2) is 4.98 Å². The summed E-state index contributed by atoms with van der Waals surface area (Å²) in [5.41, 5.74) is 6.76. The van der Waals surface area contributed by atoms with Gasteiger partial charge >= 0.3 is 0 Å². The zero-order valence-corrected chi connectivity index (χ0v) is 10.5. The number of nitrogens with zero attached hydrogens (tertiary/aromatic N) is 2. The molecule has 2 heterocycles. The first kappa shape index (κ1) is 11.3. The second-order valence-corrected chi connectivity index (χ2v) is 5.25. The third-order valence-corrected chi connectivity index (χ3v) is 3.43. The summed E-state index contributed by atoms with van der Waals surface area (Å²) in [6.45, 7) is 5.50. The molecule has 0 atom stereocenters. The Balaban J connectivity index is 2.44. The van der Waals surface area contributed by atoms with Crippen LogP contribution in [-0.4, -0.2) is 22.1 Å². The smallest absolute Gasteiger partial charge is 0.139 e. The normalized spacial score (nSPS) is 18.8. The lowest BCUT2D eigenvalue weighted by molar-refractivity contribution is 0.514. The number of pyridine rings is 1. The maximum Gasteiger partial charge on any atom is 0.139 e. The average molecular weight is 235 g/mol. The maximum atomic E-state index is 5.74. The van der Waals surface area contributed by atoms with Crippen molar-refractivity contribution >= 4 is 23.0 Å². The molecule has 1 aliphatic rings. The standard InChI is InChI=1S/C12H17N3S/c1-12(2)6-4-8-15(12)11-9(10(13)16)5-3-7-14-11/h3,5,7H,4,6,8H2,1-2H3,(H2,13,16). The van der Waals surface area contributed by atoms with E-state index in [1.54, 1.807) is 6.20 Å². The lowest BCUT2D eigenvalue weighted by atomic mass is 10.0. The van der Waals surface area contributed by atoms with Crippen molar-refractivity contribution in [3.63, 3.8) is 0 Å². The molecule has 3 nitrogen and oxygen atoms in total. The minimum absolute atomic E-state index is 0.147. The molecule has 1 aromatic heterocycles. The predicted octanol–water partition coefficient (Wildman–Crippen LogP) is 2.09. The highest BCUT2D eigenvalue weighted by Crippen LogP contribution is 2.33. The number of aromatic nitrogens is 1. The molecule has 0 radical (unpaired) electrons. The molecule has 1 saturated heterocycles. The zero-order chi connectivity index (χ0) is 11.8. The van der Waals surface area contributed by atoms with Crippen LogP contribution >= 0.6 is 12.2 Å². The molecule has 4 heteroatoms. The molecule has 86 valence electrons. The number of thiocarbonyl (C=S) groups is 1. The van der Waals surface area contributed by atoms with Gasteiger partial charge in [-0.1, -0.05) is 12.2 Å². The summed E-state index contributed by atoms with van der Waals surface area (Å²) in [7, 11) is 0. The van der Waals surface area contributed by atoms with Crippen molar-refractivity contribution in [2.24, 2.45) is 5.73 Å². The Labute approximate surface area is 102 Å². The highest BCUT2D eigenvalue weighted by molar-refractivity contribution is 7.80. The van der Waals surface area contributed by atoms with Crippen LogP contribution in [0.3, 0.4) is 0 Å². The van der Waals surface area contributed by atoms with Gasteiger partial charge in [-0.15, -0.1) is 0 Å². The minimum atomic E-state index is 0.147. The first-order chi connectivity index (χ1) is 7.52.